The van der Waals surface area contributed by atoms with Crippen LogP contribution in [-0.2, 0) is 17.8 Å². The summed E-state index contributed by atoms with van der Waals surface area (Å²) in [6.07, 6.45) is 1.47. The molecule has 0 radical (unpaired) electrons. The van der Waals surface area contributed by atoms with Crippen LogP contribution in [-0.4, -0.2) is 36.4 Å². The maximum absolute atomic E-state index is 12.2. The lowest BCUT2D eigenvalue weighted by Gasteiger charge is -2.24. The molecule has 0 aromatic heterocycles. The number of hydrogen-bond donors (Lipinski definition) is 3. The number of rotatable bonds is 11. The second-order valence-electron chi connectivity index (χ2n) is 6.63. The molecule has 1 amide bonds. The van der Waals surface area contributed by atoms with Crippen molar-refractivity contribution >= 4 is 6.09 Å². The number of carbonyl (C=O) groups excluding carboxylic acids is 1. The van der Waals surface area contributed by atoms with Gasteiger partial charge >= 0.3 is 6.09 Å². The van der Waals surface area contributed by atoms with Crippen LogP contribution >= 0.6 is 0 Å². The smallest absolute Gasteiger partial charge is 0.407 e. The Morgan fingerprint density at radius 1 is 1.04 bits per heavy atom. The number of amides is 1. The van der Waals surface area contributed by atoms with Crippen LogP contribution in [0.15, 0.2) is 60.7 Å². The summed E-state index contributed by atoms with van der Waals surface area (Å²) in [7, 11) is 0. The predicted octanol–water partition coefficient (Wildman–Crippen LogP) is 3.27. The average molecular weight is 370 g/mol. The van der Waals surface area contributed by atoms with E-state index in [0.717, 1.165) is 30.5 Å². The van der Waals surface area contributed by atoms with Crippen LogP contribution in [0, 0.1) is 0 Å². The van der Waals surface area contributed by atoms with Gasteiger partial charge < -0.3 is 20.5 Å². The lowest BCUT2D eigenvalue weighted by atomic mass is 10.0. The van der Waals surface area contributed by atoms with Crippen LogP contribution in [0.1, 0.15) is 30.9 Å². The van der Waals surface area contributed by atoms with E-state index >= 15 is 0 Å². The molecule has 0 saturated carbocycles. The van der Waals surface area contributed by atoms with Gasteiger partial charge in [-0.1, -0.05) is 74.0 Å². The molecule has 2 aromatic rings. The van der Waals surface area contributed by atoms with Crippen molar-refractivity contribution in [2.45, 2.75) is 44.9 Å². The fourth-order valence-corrected chi connectivity index (χ4v) is 2.76. The number of nitrogens with one attached hydrogen (secondary N) is 2. The minimum absolute atomic E-state index is 0.204. The first-order valence-electron chi connectivity index (χ1n) is 9.59. The number of hydrogen-bond acceptors (Lipinski definition) is 4. The zero-order valence-corrected chi connectivity index (χ0v) is 15.9. The number of aliphatic hydroxyl groups excluding tert-OH is 1. The lowest BCUT2D eigenvalue weighted by molar-refractivity contribution is 0.101. The van der Waals surface area contributed by atoms with E-state index in [-0.39, 0.29) is 6.61 Å². The van der Waals surface area contributed by atoms with Crippen LogP contribution in [0.2, 0.25) is 0 Å². The molecule has 2 aromatic carbocycles. The molecule has 0 spiro atoms. The van der Waals surface area contributed by atoms with Gasteiger partial charge in [0.1, 0.15) is 6.61 Å². The summed E-state index contributed by atoms with van der Waals surface area (Å²) in [5.74, 6) is 0. The normalized spacial score (nSPS) is 13.0. The van der Waals surface area contributed by atoms with Crippen molar-refractivity contribution in [2.75, 3.05) is 13.1 Å². The van der Waals surface area contributed by atoms with E-state index < -0.39 is 18.2 Å². The first-order chi connectivity index (χ1) is 13.2. The second-order valence-corrected chi connectivity index (χ2v) is 6.63. The summed E-state index contributed by atoms with van der Waals surface area (Å²) in [4.78, 5) is 12.2. The first-order valence-corrected chi connectivity index (χ1v) is 9.59. The van der Waals surface area contributed by atoms with Gasteiger partial charge in [-0.15, -0.1) is 0 Å². The monoisotopic (exact) mass is 370 g/mol. The number of alkyl carbamates (subject to hydrolysis) is 1. The van der Waals surface area contributed by atoms with E-state index in [1.165, 1.54) is 0 Å². The third-order valence-electron chi connectivity index (χ3n) is 4.34. The molecule has 27 heavy (non-hydrogen) atoms. The van der Waals surface area contributed by atoms with Gasteiger partial charge in [0.15, 0.2) is 0 Å². The lowest BCUT2D eigenvalue weighted by Crippen LogP contribution is -2.49. The van der Waals surface area contributed by atoms with Crippen molar-refractivity contribution in [1.82, 2.24) is 10.6 Å². The van der Waals surface area contributed by atoms with Gasteiger partial charge in [-0.2, -0.15) is 0 Å². The van der Waals surface area contributed by atoms with E-state index in [4.69, 9.17) is 4.74 Å². The molecule has 0 bridgehead atoms. The van der Waals surface area contributed by atoms with Crippen molar-refractivity contribution in [1.29, 1.82) is 0 Å². The summed E-state index contributed by atoms with van der Waals surface area (Å²) in [5, 5.41) is 16.6. The molecule has 3 N–H and O–H groups in total. The Morgan fingerprint density at radius 2 is 1.67 bits per heavy atom. The molecule has 5 heteroatoms. The standard InChI is InChI=1S/C22H30N2O3/c1-2-3-14-23-16-21(25)20(15-18-10-6-4-7-11-18)24-22(26)27-17-19-12-8-5-9-13-19/h4-13,20-21,23,25H,2-3,14-17H2,1H3,(H,24,26)/t20-,21+/m0/s1. The van der Waals surface area contributed by atoms with Gasteiger partial charge in [-0.3, -0.25) is 0 Å². The van der Waals surface area contributed by atoms with Gasteiger partial charge in [0.25, 0.3) is 0 Å². The van der Waals surface area contributed by atoms with Crippen LogP contribution in [0.3, 0.4) is 0 Å². The number of unbranched alkanes of at least 4 members (excludes halogenated alkanes) is 1. The van der Waals surface area contributed by atoms with Crippen molar-refractivity contribution in [3.8, 4) is 0 Å². The zero-order chi connectivity index (χ0) is 19.3. The molecule has 2 atom stereocenters. The van der Waals surface area contributed by atoms with Crippen LogP contribution < -0.4 is 10.6 Å². The highest BCUT2D eigenvalue weighted by Gasteiger charge is 2.22. The maximum atomic E-state index is 12.2. The fourth-order valence-electron chi connectivity index (χ4n) is 2.76. The molecule has 0 heterocycles. The highest BCUT2D eigenvalue weighted by Crippen LogP contribution is 2.08. The second kappa shape index (κ2) is 12.1. The molecule has 0 saturated heterocycles. The molecular weight excluding hydrogens is 340 g/mol. The van der Waals surface area contributed by atoms with Crippen molar-refractivity contribution < 1.29 is 14.6 Å². The van der Waals surface area contributed by atoms with Crippen LogP contribution in [0.4, 0.5) is 4.79 Å². The van der Waals surface area contributed by atoms with E-state index in [1.807, 2.05) is 60.7 Å². The minimum atomic E-state index is -0.702. The average Bonchev–Trinajstić information content (AvgIpc) is 2.70. The zero-order valence-electron chi connectivity index (χ0n) is 15.9. The van der Waals surface area contributed by atoms with E-state index in [1.54, 1.807) is 0 Å². The molecule has 146 valence electrons. The molecular formula is C22H30N2O3. The largest absolute Gasteiger partial charge is 0.445 e. The van der Waals surface area contributed by atoms with E-state index in [2.05, 4.69) is 17.6 Å². The summed E-state index contributed by atoms with van der Waals surface area (Å²) in [6.45, 7) is 3.61. The molecule has 0 aliphatic rings. The number of carbonyl (C=O) groups is 1. The molecule has 0 aliphatic heterocycles. The molecule has 5 nitrogen and oxygen atoms in total. The highest BCUT2D eigenvalue weighted by molar-refractivity contribution is 5.67. The van der Waals surface area contributed by atoms with Gasteiger partial charge in [-0.05, 0) is 30.5 Å². The van der Waals surface area contributed by atoms with Crippen molar-refractivity contribution in [3.05, 3.63) is 71.8 Å². The summed E-state index contributed by atoms with van der Waals surface area (Å²) in [5.41, 5.74) is 1.98. The third kappa shape index (κ3) is 8.24. The number of benzene rings is 2. The topological polar surface area (TPSA) is 70.6 Å². The van der Waals surface area contributed by atoms with Crippen LogP contribution in [0.25, 0.3) is 0 Å². The quantitative estimate of drug-likeness (QED) is 0.531. The van der Waals surface area contributed by atoms with E-state index in [0.29, 0.717) is 13.0 Å². The third-order valence-corrected chi connectivity index (χ3v) is 4.34. The minimum Gasteiger partial charge on any atom is -0.445 e. The Morgan fingerprint density at radius 3 is 2.30 bits per heavy atom. The predicted molar refractivity (Wildman–Crippen MR) is 107 cm³/mol. The van der Waals surface area contributed by atoms with Crippen molar-refractivity contribution in [3.63, 3.8) is 0 Å². The Bertz CT molecular complexity index is 649. The Balaban J connectivity index is 1.90. The fraction of sp³-hybridized carbons (Fsp3) is 0.409. The first kappa shape index (κ1) is 20.9. The number of aliphatic hydroxyl groups is 1. The van der Waals surface area contributed by atoms with Gasteiger partial charge in [-0.25, -0.2) is 4.79 Å². The van der Waals surface area contributed by atoms with E-state index in [9.17, 15) is 9.90 Å². The van der Waals surface area contributed by atoms with Gasteiger partial charge in [0.2, 0.25) is 0 Å². The highest BCUT2D eigenvalue weighted by atomic mass is 16.5. The Labute approximate surface area is 161 Å². The molecule has 0 unspecified atom stereocenters. The van der Waals surface area contributed by atoms with Crippen molar-refractivity contribution in [2.24, 2.45) is 0 Å². The van der Waals surface area contributed by atoms with Gasteiger partial charge in [0.05, 0.1) is 12.1 Å². The number of ether oxygens (including phenoxy) is 1. The summed E-state index contributed by atoms with van der Waals surface area (Å²) < 4.78 is 5.31. The Hall–Kier alpha value is -2.37. The van der Waals surface area contributed by atoms with Gasteiger partial charge in [0, 0.05) is 6.54 Å². The molecule has 0 fully saturated rings. The van der Waals surface area contributed by atoms with Crippen LogP contribution in [0.5, 0.6) is 0 Å². The molecule has 0 aliphatic carbocycles. The maximum Gasteiger partial charge on any atom is 0.407 e. The SMILES string of the molecule is CCCCNC[C@@H](O)[C@H](Cc1ccccc1)NC(=O)OCc1ccccc1. The molecule has 2 rings (SSSR count). The Kier molecular flexibility index (Phi) is 9.38. The summed E-state index contributed by atoms with van der Waals surface area (Å²) in [6, 6.07) is 18.9. The summed E-state index contributed by atoms with van der Waals surface area (Å²) >= 11 is 0.